The molecule has 0 saturated carbocycles. The molecule has 6 nitrogen and oxygen atoms in total. The van der Waals surface area contributed by atoms with Crippen molar-refractivity contribution in [3.05, 3.63) is 73.1 Å². The van der Waals surface area contributed by atoms with E-state index in [1.54, 1.807) is 6.07 Å². The molecule has 3 aromatic rings. The molecule has 11 heteroatoms. The lowest BCUT2D eigenvalue weighted by Crippen LogP contribution is -2.11. The Bertz CT molecular complexity index is 1070. The van der Waals surface area contributed by atoms with Gasteiger partial charge in [-0.2, -0.15) is 0 Å². The highest BCUT2D eigenvalue weighted by Gasteiger charge is 2.25. The summed E-state index contributed by atoms with van der Waals surface area (Å²) in [5, 5.41) is 14.5. The maximum atomic E-state index is 13.7. The van der Waals surface area contributed by atoms with Crippen LogP contribution in [0.15, 0.2) is 45.8 Å². The van der Waals surface area contributed by atoms with Crippen molar-refractivity contribution in [2.24, 2.45) is 0 Å². The van der Waals surface area contributed by atoms with E-state index in [4.69, 9.17) is 23.2 Å². The first-order valence-corrected chi connectivity index (χ1v) is 9.98. The minimum Gasteiger partial charge on any atom is -0.321 e. The summed E-state index contributed by atoms with van der Waals surface area (Å²) in [6, 6.07) is 5.45. The standard InChI is InChI=1S/C17H10Cl2FN3O3S2/c1-8-11(20)3-2-4-12(8)22-16(24)14-5-13(23(25)26)17(27-14)28-15-9(18)6-21-7-10(15)19/h2-7H,1H3,(H,22,24). The van der Waals surface area contributed by atoms with E-state index >= 15 is 0 Å². The zero-order valence-corrected chi connectivity index (χ0v) is 17.2. The number of nitro groups is 1. The minimum atomic E-state index is -0.591. The molecule has 2 aromatic heterocycles. The van der Waals surface area contributed by atoms with Gasteiger partial charge in [0.25, 0.3) is 11.6 Å². The summed E-state index contributed by atoms with van der Waals surface area (Å²) < 4.78 is 13.9. The molecule has 0 fully saturated rings. The minimum absolute atomic E-state index is 0.0964. The van der Waals surface area contributed by atoms with Gasteiger partial charge in [-0.25, -0.2) is 4.39 Å². The van der Waals surface area contributed by atoms with Gasteiger partial charge in [0.15, 0.2) is 0 Å². The number of halogens is 3. The Balaban J connectivity index is 1.93. The molecule has 0 atom stereocenters. The summed E-state index contributed by atoms with van der Waals surface area (Å²) in [5.41, 5.74) is 0.308. The van der Waals surface area contributed by atoms with Crippen molar-refractivity contribution in [2.75, 3.05) is 5.32 Å². The predicted molar refractivity (Wildman–Crippen MR) is 108 cm³/mol. The predicted octanol–water partition coefficient (Wildman–Crippen LogP) is 6.21. The molecule has 0 spiro atoms. The second-order valence-corrected chi connectivity index (χ2v) is 8.59. The van der Waals surface area contributed by atoms with E-state index in [-0.39, 0.29) is 36.1 Å². The molecule has 28 heavy (non-hydrogen) atoms. The summed E-state index contributed by atoms with van der Waals surface area (Å²) in [6.45, 7) is 1.52. The molecular weight excluding hydrogens is 448 g/mol. The normalized spacial score (nSPS) is 10.7. The molecule has 0 saturated heterocycles. The maximum absolute atomic E-state index is 13.7. The third-order valence-electron chi connectivity index (χ3n) is 3.62. The number of thiophene rings is 1. The van der Waals surface area contributed by atoms with E-state index in [9.17, 15) is 19.3 Å². The van der Waals surface area contributed by atoms with E-state index < -0.39 is 16.6 Å². The lowest BCUT2D eigenvalue weighted by atomic mass is 10.2. The molecule has 144 valence electrons. The fraction of sp³-hybridized carbons (Fsp3) is 0.0588. The number of nitrogens with zero attached hydrogens (tertiary/aromatic N) is 2. The first-order chi connectivity index (χ1) is 13.3. The largest absolute Gasteiger partial charge is 0.321 e. The third kappa shape index (κ3) is 4.27. The molecule has 0 aliphatic heterocycles. The van der Waals surface area contributed by atoms with Crippen LogP contribution in [0, 0.1) is 22.9 Å². The summed E-state index contributed by atoms with van der Waals surface area (Å²) in [4.78, 5) is 27.7. The Labute approximate surface area is 176 Å². The van der Waals surface area contributed by atoms with Crippen molar-refractivity contribution in [3.63, 3.8) is 0 Å². The second kappa shape index (κ2) is 8.44. The highest BCUT2D eigenvalue weighted by Crippen LogP contribution is 2.45. The van der Waals surface area contributed by atoms with Gasteiger partial charge in [-0.15, -0.1) is 11.3 Å². The third-order valence-corrected chi connectivity index (χ3v) is 6.87. The van der Waals surface area contributed by atoms with Crippen molar-refractivity contribution >= 4 is 63.6 Å². The molecule has 0 bridgehead atoms. The van der Waals surface area contributed by atoms with Gasteiger partial charge < -0.3 is 5.32 Å². The van der Waals surface area contributed by atoms with Gasteiger partial charge in [0.1, 0.15) is 14.9 Å². The Kier molecular flexibility index (Phi) is 6.19. The van der Waals surface area contributed by atoms with Gasteiger partial charge in [0, 0.05) is 29.7 Å². The first kappa shape index (κ1) is 20.5. The van der Waals surface area contributed by atoms with E-state index in [2.05, 4.69) is 10.3 Å². The lowest BCUT2D eigenvalue weighted by molar-refractivity contribution is -0.387. The Morgan fingerprint density at radius 2 is 2.00 bits per heavy atom. The molecule has 0 aliphatic rings. The van der Waals surface area contributed by atoms with Crippen molar-refractivity contribution in [3.8, 4) is 0 Å². The zero-order valence-electron chi connectivity index (χ0n) is 14.0. The second-order valence-electron chi connectivity index (χ2n) is 5.44. The van der Waals surface area contributed by atoms with E-state index in [0.717, 1.165) is 23.1 Å². The molecule has 2 heterocycles. The molecule has 0 aliphatic carbocycles. The van der Waals surface area contributed by atoms with Crippen molar-refractivity contribution in [1.29, 1.82) is 0 Å². The molecule has 1 amide bonds. The number of hydrogen-bond acceptors (Lipinski definition) is 6. The number of benzene rings is 1. The number of anilines is 1. The summed E-state index contributed by atoms with van der Waals surface area (Å²) >= 11 is 14.0. The van der Waals surface area contributed by atoms with E-state index in [1.807, 2.05) is 0 Å². The van der Waals surface area contributed by atoms with Crippen LogP contribution >= 0.6 is 46.3 Å². The van der Waals surface area contributed by atoms with Crippen LogP contribution in [0.5, 0.6) is 0 Å². The van der Waals surface area contributed by atoms with E-state index in [1.165, 1.54) is 37.5 Å². The van der Waals surface area contributed by atoms with Gasteiger partial charge >= 0.3 is 0 Å². The van der Waals surface area contributed by atoms with Crippen LogP contribution in [-0.4, -0.2) is 15.8 Å². The van der Waals surface area contributed by atoms with Gasteiger partial charge in [-0.05, 0) is 19.1 Å². The van der Waals surface area contributed by atoms with Crippen LogP contribution in [-0.2, 0) is 0 Å². The average molecular weight is 458 g/mol. The van der Waals surface area contributed by atoms with Gasteiger partial charge in [0.2, 0.25) is 0 Å². The SMILES string of the molecule is Cc1c(F)cccc1NC(=O)c1cc([N+](=O)[O-])c(Sc2c(Cl)cncc2Cl)s1. The summed E-state index contributed by atoms with van der Waals surface area (Å²) in [5.74, 6) is -1.05. The molecule has 3 rings (SSSR count). The Morgan fingerprint density at radius 1 is 1.32 bits per heavy atom. The highest BCUT2D eigenvalue weighted by molar-refractivity contribution is 8.01. The van der Waals surface area contributed by atoms with Crippen LogP contribution < -0.4 is 5.32 Å². The number of rotatable bonds is 5. The number of nitrogens with one attached hydrogen (secondary N) is 1. The van der Waals surface area contributed by atoms with Gasteiger partial charge in [0.05, 0.1) is 19.9 Å². The lowest BCUT2D eigenvalue weighted by Gasteiger charge is -2.07. The van der Waals surface area contributed by atoms with Crippen LogP contribution in [0.4, 0.5) is 15.8 Å². The monoisotopic (exact) mass is 457 g/mol. The highest BCUT2D eigenvalue weighted by atomic mass is 35.5. The first-order valence-electron chi connectivity index (χ1n) is 7.59. The number of hydrogen-bond donors (Lipinski definition) is 1. The molecule has 0 unspecified atom stereocenters. The summed E-state index contributed by atoms with van der Waals surface area (Å²) in [7, 11) is 0. The number of carbonyl (C=O) groups excluding carboxylic acids is 1. The van der Waals surface area contributed by atoms with Crippen LogP contribution in [0.1, 0.15) is 15.2 Å². The van der Waals surface area contributed by atoms with Crippen molar-refractivity contribution in [2.45, 2.75) is 16.0 Å². The fourth-order valence-electron chi connectivity index (χ4n) is 2.19. The average Bonchev–Trinajstić information content (AvgIpc) is 3.06. The van der Waals surface area contributed by atoms with Gasteiger partial charge in [-0.1, -0.05) is 41.0 Å². The van der Waals surface area contributed by atoms with Crippen molar-refractivity contribution < 1.29 is 14.1 Å². The quantitative estimate of drug-likeness (QED) is 0.363. The molecule has 1 N–H and O–H groups in total. The molecule has 0 radical (unpaired) electrons. The topological polar surface area (TPSA) is 85.1 Å². The number of pyridine rings is 1. The number of carbonyl (C=O) groups is 1. The number of aromatic nitrogens is 1. The van der Waals surface area contributed by atoms with E-state index in [0.29, 0.717) is 4.90 Å². The smallest absolute Gasteiger partial charge is 0.294 e. The molecular formula is C17H10Cl2FN3O3S2. The Morgan fingerprint density at radius 3 is 2.64 bits per heavy atom. The number of amides is 1. The fourth-order valence-corrected chi connectivity index (χ4v) is 4.95. The maximum Gasteiger partial charge on any atom is 0.294 e. The van der Waals surface area contributed by atoms with Crippen LogP contribution in [0.25, 0.3) is 0 Å². The zero-order chi connectivity index (χ0) is 20.4. The Hall–Kier alpha value is -2.20. The van der Waals surface area contributed by atoms with Crippen LogP contribution in [0.3, 0.4) is 0 Å². The summed E-state index contributed by atoms with van der Waals surface area (Å²) in [6.07, 6.45) is 2.74. The van der Waals surface area contributed by atoms with Gasteiger partial charge in [-0.3, -0.25) is 19.9 Å². The molecule has 1 aromatic carbocycles. The van der Waals surface area contributed by atoms with Crippen LogP contribution in [0.2, 0.25) is 10.0 Å². The van der Waals surface area contributed by atoms with Crippen molar-refractivity contribution in [1.82, 2.24) is 4.98 Å².